The second-order valence-electron chi connectivity index (χ2n) is 4.84. The first-order chi connectivity index (χ1) is 10.1. The molecule has 0 aliphatic rings. The summed E-state index contributed by atoms with van der Waals surface area (Å²) in [6, 6.07) is 9.21. The van der Waals surface area contributed by atoms with Gasteiger partial charge in [-0.3, -0.25) is 9.48 Å². The van der Waals surface area contributed by atoms with Crippen LogP contribution in [0.3, 0.4) is 0 Å². The molecule has 1 amide bonds. The molecule has 21 heavy (non-hydrogen) atoms. The molecule has 1 atom stereocenters. The van der Waals surface area contributed by atoms with E-state index in [1.807, 2.05) is 44.3 Å². The van der Waals surface area contributed by atoms with Gasteiger partial charge in [-0.25, -0.2) is 0 Å². The molecule has 2 rings (SSSR count). The lowest BCUT2D eigenvalue weighted by atomic mass is 10.2. The number of hydrogen-bond acceptors (Lipinski definition) is 4. The van der Waals surface area contributed by atoms with E-state index in [-0.39, 0.29) is 11.9 Å². The number of methoxy groups -OCH3 is 1. The number of aryl methyl sites for hydroxylation is 1. The molecule has 0 spiro atoms. The minimum atomic E-state index is -0.0679. The smallest absolute Gasteiger partial charge is 0.226 e. The Hall–Kier alpha value is -2.50. The number of benzene rings is 1. The molecule has 0 fully saturated rings. The first-order valence-electron chi connectivity index (χ1n) is 6.77. The Morgan fingerprint density at radius 1 is 1.38 bits per heavy atom. The Balaban J connectivity index is 1.91. The van der Waals surface area contributed by atoms with Crippen LogP contribution in [0.15, 0.2) is 36.5 Å². The van der Waals surface area contributed by atoms with Crippen molar-refractivity contribution in [3.8, 4) is 5.75 Å². The summed E-state index contributed by atoms with van der Waals surface area (Å²) < 4.78 is 6.94. The molecule has 0 aliphatic heterocycles. The molecule has 0 saturated carbocycles. The summed E-state index contributed by atoms with van der Waals surface area (Å²) in [5, 5.41) is 10.2. The number of amides is 1. The Bertz CT molecular complexity index is 609. The van der Waals surface area contributed by atoms with Gasteiger partial charge in [0.1, 0.15) is 11.6 Å². The monoisotopic (exact) mass is 288 g/mol. The summed E-state index contributed by atoms with van der Waals surface area (Å²) in [6.07, 6.45) is 2.06. The number of rotatable bonds is 6. The van der Waals surface area contributed by atoms with Crippen LogP contribution in [0.5, 0.6) is 5.75 Å². The SMILES string of the molecule is COc1ccccc1NC(=O)CC(C)Nc1ccnn1C. The zero-order chi connectivity index (χ0) is 15.2. The third kappa shape index (κ3) is 3.98. The number of nitrogens with zero attached hydrogens (tertiary/aromatic N) is 2. The number of hydrogen-bond donors (Lipinski definition) is 2. The number of aromatic nitrogens is 2. The van der Waals surface area contributed by atoms with Gasteiger partial charge in [0, 0.05) is 25.6 Å². The minimum absolute atomic E-state index is 0.00453. The fourth-order valence-corrected chi connectivity index (χ4v) is 2.05. The van der Waals surface area contributed by atoms with Crippen LogP contribution in [0.25, 0.3) is 0 Å². The number of anilines is 2. The summed E-state index contributed by atoms with van der Waals surface area (Å²) in [6.45, 7) is 1.95. The Morgan fingerprint density at radius 2 is 2.14 bits per heavy atom. The number of carbonyl (C=O) groups excluding carboxylic acids is 1. The first-order valence-corrected chi connectivity index (χ1v) is 6.77. The van der Waals surface area contributed by atoms with Crippen molar-refractivity contribution >= 4 is 17.4 Å². The van der Waals surface area contributed by atoms with E-state index in [1.54, 1.807) is 18.0 Å². The van der Waals surface area contributed by atoms with Gasteiger partial charge in [0.2, 0.25) is 5.91 Å². The molecule has 112 valence electrons. The van der Waals surface area contributed by atoms with Crippen molar-refractivity contribution in [2.75, 3.05) is 17.7 Å². The lowest BCUT2D eigenvalue weighted by Gasteiger charge is -2.15. The van der Waals surface area contributed by atoms with Crippen molar-refractivity contribution in [3.63, 3.8) is 0 Å². The maximum absolute atomic E-state index is 12.1. The summed E-state index contributed by atoms with van der Waals surface area (Å²) in [4.78, 5) is 12.1. The van der Waals surface area contributed by atoms with Crippen molar-refractivity contribution in [1.29, 1.82) is 0 Å². The van der Waals surface area contributed by atoms with Crippen LogP contribution in [-0.2, 0) is 11.8 Å². The van der Waals surface area contributed by atoms with Gasteiger partial charge in [-0.05, 0) is 19.1 Å². The van der Waals surface area contributed by atoms with Gasteiger partial charge in [-0.1, -0.05) is 12.1 Å². The number of carbonyl (C=O) groups is 1. The predicted octanol–water partition coefficient (Wildman–Crippen LogP) is 2.26. The molecule has 0 aliphatic carbocycles. The predicted molar refractivity (Wildman–Crippen MR) is 82.5 cm³/mol. The van der Waals surface area contributed by atoms with Crippen LogP contribution >= 0.6 is 0 Å². The summed E-state index contributed by atoms with van der Waals surface area (Å²) >= 11 is 0. The van der Waals surface area contributed by atoms with Gasteiger partial charge in [0.05, 0.1) is 19.0 Å². The van der Waals surface area contributed by atoms with Crippen LogP contribution < -0.4 is 15.4 Å². The number of nitrogens with one attached hydrogen (secondary N) is 2. The molecule has 1 aromatic heterocycles. The minimum Gasteiger partial charge on any atom is -0.495 e. The van der Waals surface area contributed by atoms with Gasteiger partial charge in [0.25, 0.3) is 0 Å². The number of ether oxygens (including phenoxy) is 1. The van der Waals surface area contributed by atoms with E-state index in [9.17, 15) is 4.79 Å². The van der Waals surface area contributed by atoms with E-state index < -0.39 is 0 Å². The third-order valence-corrected chi connectivity index (χ3v) is 3.09. The molecular formula is C15H20N4O2. The lowest BCUT2D eigenvalue weighted by Crippen LogP contribution is -2.24. The molecule has 0 radical (unpaired) electrons. The molecule has 0 bridgehead atoms. The molecule has 1 aromatic carbocycles. The van der Waals surface area contributed by atoms with E-state index in [4.69, 9.17) is 4.74 Å². The highest BCUT2D eigenvalue weighted by atomic mass is 16.5. The normalized spacial score (nSPS) is 11.8. The maximum atomic E-state index is 12.1. The van der Waals surface area contributed by atoms with E-state index in [0.29, 0.717) is 17.9 Å². The number of para-hydroxylation sites is 2. The van der Waals surface area contributed by atoms with Gasteiger partial charge in [-0.15, -0.1) is 0 Å². The molecule has 2 N–H and O–H groups in total. The maximum Gasteiger partial charge on any atom is 0.226 e. The van der Waals surface area contributed by atoms with Crippen LogP contribution in [0.4, 0.5) is 11.5 Å². The molecule has 2 aromatic rings. The first kappa shape index (κ1) is 14.9. The fraction of sp³-hybridized carbons (Fsp3) is 0.333. The summed E-state index contributed by atoms with van der Waals surface area (Å²) in [7, 11) is 3.43. The van der Waals surface area contributed by atoms with Gasteiger partial charge < -0.3 is 15.4 Å². The summed E-state index contributed by atoms with van der Waals surface area (Å²) in [5.41, 5.74) is 0.678. The zero-order valence-electron chi connectivity index (χ0n) is 12.5. The molecule has 1 heterocycles. The quantitative estimate of drug-likeness (QED) is 0.855. The summed E-state index contributed by atoms with van der Waals surface area (Å²) in [5.74, 6) is 1.47. The van der Waals surface area contributed by atoms with Crippen LogP contribution in [0, 0.1) is 0 Å². The van der Waals surface area contributed by atoms with E-state index >= 15 is 0 Å². The van der Waals surface area contributed by atoms with E-state index in [0.717, 1.165) is 5.82 Å². The highest BCUT2D eigenvalue weighted by molar-refractivity contribution is 5.92. The van der Waals surface area contributed by atoms with E-state index in [1.165, 1.54) is 0 Å². The van der Waals surface area contributed by atoms with Gasteiger partial charge >= 0.3 is 0 Å². The molecule has 6 nitrogen and oxygen atoms in total. The Kier molecular flexibility index (Phi) is 4.81. The second kappa shape index (κ2) is 6.78. The van der Waals surface area contributed by atoms with Crippen LogP contribution in [-0.4, -0.2) is 28.8 Å². The Labute approximate surface area is 124 Å². The third-order valence-electron chi connectivity index (χ3n) is 3.09. The standard InChI is InChI=1S/C15H20N4O2/c1-11(17-14-8-9-16-19(14)2)10-15(20)18-12-6-4-5-7-13(12)21-3/h4-9,11,17H,10H2,1-3H3,(H,18,20). The van der Waals surface area contributed by atoms with Crippen molar-refractivity contribution in [2.24, 2.45) is 7.05 Å². The molecule has 1 unspecified atom stereocenters. The highest BCUT2D eigenvalue weighted by Gasteiger charge is 2.12. The topological polar surface area (TPSA) is 68.2 Å². The van der Waals surface area contributed by atoms with E-state index in [2.05, 4.69) is 15.7 Å². The van der Waals surface area contributed by atoms with Gasteiger partial charge in [0.15, 0.2) is 0 Å². The van der Waals surface area contributed by atoms with Gasteiger partial charge in [-0.2, -0.15) is 5.10 Å². The van der Waals surface area contributed by atoms with Crippen molar-refractivity contribution in [2.45, 2.75) is 19.4 Å². The van der Waals surface area contributed by atoms with Crippen molar-refractivity contribution in [1.82, 2.24) is 9.78 Å². The Morgan fingerprint density at radius 3 is 2.81 bits per heavy atom. The second-order valence-corrected chi connectivity index (χ2v) is 4.84. The average Bonchev–Trinajstić information content (AvgIpc) is 2.84. The van der Waals surface area contributed by atoms with Crippen LogP contribution in [0.2, 0.25) is 0 Å². The van der Waals surface area contributed by atoms with Crippen LogP contribution in [0.1, 0.15) is 13.3 Å². The van der Waals surface area contributed by atoms with Crippen molar-refractivity contribution in [3.05, 3.63) is 36.5 Å². The van der Waals surface area contributed by atoms with Crippen molar-refractivity contribution < 1.29 is 9.53 Å². The lowest BCUT2D eigenvalue weighted by molar-refractivity contribution is -0.116. The highest BCUT2D eigenvalue weighted by Crippen LogP contribution is 2.23. The molecule has 6 heteroatoms. The molecular weight excluding hydrogens is 268 g/mol. The largest absolute Gasteiger partial charge is 0.495 e. The fourth-order valence-electron chi connectivity index (χ4n) is 2.05. The zero-order valence-corrected chi connectivity index (χ0v) is 12.5. The average molecular weight is 288 g/mol. The molecule has 0 saturated heterocycles.